The van der Waals surface area contributed by atoms with Crippen LogP contribution >= 0.6 is 0 Å². The predicted octanol–water partition coefficient (Wildman–Crippen LogP) is 2.16. The van der Waals surface area contributed by atoms with Crippen LogP contribution in [0, 0.1) is 0 Å². The molecule has 0 unspecified atom stereocenters. The van der Waals surface area contributed by atoms with E-state index < -0.39 is 49.1 Å². The van der Waals surface area contributed by atoms with Crippen LogP contribution in [0.15, 0.2) is 69.3 Å². The molecule has 2 N–H and O–H groups in total. The lowest BCUT2D eigenvalue weighted by Gasteiger charge is -2.38. The van der Waals surface area contributed by atoms with E-state index in [2.05, 4.69) is 0 Å². The number of ether oxygens (including phenoxy) is 2. The van der Waals surface area contributed by atoms with Gasteiger partial charge >= 0.3 is 6.09 Å². The fourth-order valence-electron chi connectivity index (χ4n) is 6.06. The number of benzene rings is 2. The van der Waals surface area contributed by atoms with E-state index in [1.165, 1.54) is 34.8 Å². The molecule has 1 aromatic heterocycles. The Kier molecular flexibility index (Phi) is 9.29. The first kappa shape index (κ1) is 32.9. The number of para-hydroxylation sites is 1. The van der Waals surface area contributed by atoms with Crippen LogP contribution in [-0.2, 0) is 31.1 Å². The van der Waals surface area contributed by atoms with Crippen molar-refractivity contribution in [1.82, 2.24) is 13.8 Å². The van der Waals surface area contributed by atoms with E-state index in [0.717, 1.165) is 11.2 Å². The van der Waals surface area contributed by atoms with Gasteiger partial charge in [0.05, 0.1) is 35.2 Å². The minimum absolute atomic E-state index is 0.0595. The van der Waals surface area contributed by atoms with Gasteiger partial charge in [0.25, 0.3) is 0 Å². The molecular formula is C30H37N3O10S2. The zero-order valence-corrected chi connectivity index (χ0v) is 26.7. The third-order valence-electron chi connectivity index (χ3n) is 8.51. The van der Waals surface area contributed by atoms with Crippen LogP contribution in [0.3, 0.4) is 0 Å². The number of amides is 1. The van der Waals surface area contributed by atoms with Gasteiger partial charge in [-0.25, -0.2) is 21.6 Å². The number of nitrogens with zero attached hydrogens (tertiary/aromatic N) is 3. The Balaban J connectivity index is 1.22. The molecule has 0 aliphatic carbocycles. The second-order valence-electron chi connectivity index (χ2n) is 11.5. The van der Waals surface area contributed by atoms with Crippen molar-refractivity contribution >= 4 is 36.9 Å². The fraction of sp³-hybridized carbons (Fsp3) is 0.467. The van der Waals surface area contributed by atoms with Crippen molar-refractivity contribution in [3.05, 3.63) is 65.0 Å². The van der Waals surface area contributed by atoms with Crippen LogP contribution in [0.1, 0.15) is 26.2 Å². The average Bonchev–Trinajstić information content (AvgIpc) is 3.41. The summed E-state index contributed by atoms with van der Waals surface area (Å²) in [6.07, 6.45) is 0.953. The summed E-state index contributed by atoms with van der Waals surface area (Å²) in [5.41, 5.74) is -0.631. The molecule has 15 heteroatoms. The molecule has 1 spiro atoms. The van der Waals surface area contributed by atoms with E-state index in [-0.39, 0.29) is 48.4 Å². The number of fused-ring (bicyclic) bond motifs is 1. The van der Waals surface area contributed by atoms with E-state index in [1.54, 1.807) is 28.8 Å². The minimum Gasteiger partial charge on any atom is -0.491 e. The Labute approximate surface area is 261 Å². The maximum Gasteiger partial charge on any atom is 0.407 e. The van der Waals surface area contributed by atoms with Crippen LogP contribution in [0.2, 0.25) is 0 Å². The van der Waals surface area contributed by atoms with Crippen LogP contribution in [0.4, 0.5) is 4.79 Å². The largest absolute Gasteiger partial charge is 0.491 e. The number of sulfonamides is 1. The Morgan fingerprint density at radius 2 is 1.84 bits per heavy atom. The topological polar surface area (TPSA) is 173 Å². The first-order chi connectivity index (χ1) is 21.2. The lowest BCUT2D eigenvalue weighted by Crippen LogP contribution is -2.49. The van der Waals surface area contributed by atoms with Gasteiger partial charge in [-0.1, -0.05) is 18.2 Å². The van der Waals surface area contributed by atoms with E-state index >= 15 is 0 Å². The number of aliphatic hydroxyl groups excluding tert-OH is 1. The SMILES string of the molecule is CCn1cc(S(=O)(=O)N2CCC3(CC2)C[C@@H](N(C[C@@H](O)COc2cccc(S(C)(=O)=O)c2)C(=O)O)CO3)c(=O)c2ccccc21. The van der Waals surface area contributed by atoms with Crippen molar-refractivity contribution in [3.8, 4) is 5.75 Å². The number of hydrogen-bond donors (Lipinski definition) is 2. The number of carboxylic acid groups (broad SMARTS) is 1. The number of aromatic nitrogens is 1. The lowest BCUT2D eigenvalue weighted by molar-refractivity contribution is -0.0319. The van der Waals surface area contributed by atoms with Gasteiger partial charge in [-0.2, -0.15) is 4.31 Å². The monoisotopic (exact) mass is 663 g/mol. The molecule has 244 valence electrons. The zero-order valence-electron chi connectivity index (χ0n) is 25.0. The summed E-state index contributed by atoms with van der Waals surface area (Å²) in [7, 11) is -7.55. The summed E-state index contributed by atoms with van der Waals surface area (Å²) in [6.45, 7) is 2.10. The summed E-state index contributed by atoms with van der Waals surface area (Å²) in [5.74, 6) is 0.223. The fourth-order valence-corrected chi connectivity index (χ4v) is 8.26. The number of piperidine rings is 1. The maximum atomic E-state index is 13.7. The highest BCUT2D eigenvalue weighted by Crippen LogP contribution is 2.39. The zero-order chi connectivity index (χ0) is 32.6. The van der Waals surface area contributed by atoms with Gasteiger partial charge in [0.1, 0.15) is 23.4 Å². The third-order valence-corrected chi connectivity index (χ3v) is 11.5. The summed E-state index contributed by atoms with van der Waals surface area (Å²) < 4.78 is 65.6. The summed E-state index contributed by atoms with van der Waals surface area (Å²) in [5, 5.41) is 20.9. The van der Waals surface area contributed by atoms with E-state index in [1.807, 2.05) is 6.92 Å². The van der Waals surface area contributed by atoms with Crippen molar-refractivity contribution in [3.63, 3.8) is 0 Å². The van der Waals surface area contributed by atoms with E-state index in [9.17, 15) is 36.6 Å². The number of aryl methyl sites for hydroxylation is 1. The highest BCUT2D eigenvalue weighted by Gasteiger charge is 2.47. The van der Waals surface area contributed by atoms with Gasteiger partial charge in [0, 0.05) is 37.5 Å². The maximum absolute atomic E-state index is 13.7. The first-order valence-corrected chi connectivity index (χ1v) is 17.9. The third kappa shape index (κ3) is 6.87. The molecule has 0 saturated carbocycles. The molecule has 0 radical (unpaired) electrons. The van der Waals surface area contributed by atoms with Crippen LogP contribution in [0.5, 0.6) is 5.75 Å². The van der Waals surface area contributed by atoms with Gasteiger partial charge in [-0.05, 0) is 56.5 Å². The summed E-state index contributed by atoms with van der Waals surface area (Å²) in [4.78, 5) is 26.3. The average molecular weight is 664 g/mol. The van der Waals surface area contributed by atoms with Gasteiger partial charge < -0.3 is 29.2 Å². The Bertz CT molecular complexity index is 1850. The minimum atomic E-state index is -4.10. The number of aliphatic hydroxyl groups is 1. The van der Waals surface area contributed by atoms with E-state index in [0.29, 0.717) is 36.7 Å². The van der Waals surface area contributed by atoms with Crippen molar-refractivity contribution in [2.45, 2.75) is 60.3 Å². The van der Waals surface area contributed by atoms with Crippen molar-refractivity contribution in [2.24, 2.45) is 0 Å². The Morgan fingerprint density at radius 1 is 1.13 bits per heavy atom. The molecule has 5 rings (SSSR count). The van der Waals surface area contributed by atoms with Crippen molar-refractivity contribution in [2.75, 3.05) is 39.1 Å². The van der Waals surface area contributed by atoms with Gasteiger partial charge in [0.2, 0.25) is 15.5 Å². The lowest BCUT2D eigenvalue weighted by atomic mass is 9.88. The smallest absolute Gasteiger partial charge is 0.407 e. The Hall–Kier alpha value is -3.50. The quantitative estimate of drug-likeness (QED) is 0.327. The normalized spacial score (nSPS) is 19.5. The summed E-state index contributed by atoms with van der Waals surface area (Å²) >= 11 is 0. The number of pyridine rings is 1. The number of carbonyl (C=O) groups is 1. The molecule has 2 atom stereocenters. The van der Waals surface area contributed by atoms with Gasteiger partial charge in [-0.3, -0.25) is 4.79 Å². The molecule has 1 amide bonds. The standard InChI is InChI=1S/C30H37N3O10S2/c1-3-31-18-27(28(35)25-9-4-5-10-26(25)31)45(40,41)32-13-11-30(12-14-32)16-21(19-43-30)33(29(36)37)17-22(34)20-42-23-7-6-8-24(15-23)44(2,38)39/h4-10,15,18,21-22,34H,3,11-14,16-17,19-20H2,1-2H3,(H,36,37)/t21-,22-/m1/s1. The molecule has 2 saturated heterocycles. The molecular weight excluding hydrogens is 626 g/mol. The molecule has 2 aromatic carbocycles. The van der Waals surface area contributed by atoms with E-state index in [4.69, 9.17) is 9.47 Å². The molecule has 3 aromatic rings. The molecule has 3 heterocycles. The second kappa shape index (κ2) is 12.7. The number of hydrogen-bond acceptors (Lipinski definition) is 9. The predicted molar refractivity (Wildman–Crippen MR) is 165 cm³/mol. The Morgan fingerprint density at radius 3 is 2.51 bits per heavy atom. The van der Waals surface area contributed by atoms with Gasteiger partial charge in [-0.15, -0.1) is 0 Å². The van der Waals surface area contributed by atoms with Crippen LogP contribution in [-0.4, -0.2) is 104 Å². The highest BCUT2D eigenvalue weighted by atomic mass is 32.2. The van der Waals surface area contributed by atoms with Crippen molar-refractivity contribution < 1.29 is 41.3 Å². The number of rotatable bonds is 10. The van der Waals surface area contributed by atoms with Crippen LogP contribution in [0.25, 0.3) is 10.9 Å². The summed E-state index contributed by atoms with van der Waals surface area (Å²) in [6, 6.07) is 12.1. The molecule has 45 heavy (non-hydrogen) atoms. The van der Waals surface area contributed by atoms with Crippen LogP contribution < -0.4 is 10.2 Å². The first-order valence-electron chi connectivity index (χ1n) is 14.6. The molecule has 13 nitrogen and oxygen atoms in total. The molecule has 2 aliphatic rings. The molecule has 2 aliphatic heterocycles. The molecule has 0 bridgehead atoms. The second-order valence-corrected chi connectivity index (χ2v) is 15.5. The van der Waals surface area contributed by atoms with Crippen molar-refractivity contribution in [1.29, 1.82) is 0 Å². The molecule has 2 fully saturated rings. The highest BCUT2D eigenvalue weighted by molar-refractivity contribution is 7.90. The number of sulfone groups is 1. The van der Waals surface area contributed by atoms with Gasteiger partial charge in [0.15, 0.2) is 9.84 Å².